The smallest absolute Gasteiger partial charge is 0.390 e. The maximum atomic E-state index is 13.3. The van der Waals surface area contributed by atoms with Crippen molar-refractivity contribution >= 4 is 55.7 Å². The molecule has 14 N–H and O–H groups in total. The summed E-state index contributed by atoms with van der Waals surface area (Å²) in [4.78, 5) is 72.1. The van der Waals surface area contributed by atoms with Crippen molar-refractivity contribution in [3.05, 3.63) is 45.6 Å². The van der Waals surface area contributed by atoms with Gasteiger partial charge in [0.05, 0.1) is 44.7 Å². The molecule has 0 bridgehead atoms. The second-order valence-corrected chi connectivity index (χ2v) is 16.8. The van der Waals surface area contributed by atoms with Crippen molar-refractivity contribution in [1.82, 2.24) is 43.9 Å². The van der Waals surface area contributed by atoms with E-state index in [1.165, 1.54) is 39.0 Å². The zero-order valence-corrected chi connectivity index (χ0v) is 32.7. The number of aliphatic hydroxyl groups excluding tert-OH is 2. The fourth-order valence-electron chi connectivity index (χ4n) is 7.05. The molecule has 29 nitrogen and oxygen atoms in total. The number of hydrogen-bond donors (Lipinski definition) is 10. The largest absolute Gasteiger partial charge is 0.472 e. The van der Waals surface area contributed by atoms with E-state index in [-0.39, 0.29) is 59.3 Å². The predicted octanol–water partition coefficient (Wildman–Crippen LogP) is -3.11. The van der Waals surface area contributed by atoms with Gasteiger partial charge in [-0.25, -0.2) is 24.1 Å². The first kappa shape index (κ1) is 42.0. The normalized spacial score (nSPS) is 31.6. The molecular weight excluding hydrogens is 846 g/mol. The number of phosphoric ester groups is 2. The first-order chi connectivity index (χ1) is 28.4. The summed E-state index contributed by atoms with van der Waals surface area (Å²) in [5, 5.41) is 21.4. The van der Waals surface area contributed by atoms with Crippen molar-refractivity contribution in [3.8, 4) is 0 Å². The van der Waals surface area contributed by atoms with Gasteiger partial charge in [0.25, 0.3) is 11.1 Å². The fraction of sp³-hybridized carbons (Fsp3) is 0.552. The highest BCUT2D eigenvalue weighted by molar-refractivity contribution is 7.47. The van der Waals surface area contributed by atoms with E-state index in [4.69, 9.17) is 55.2 Å². The number of aliphatic hydroxyl groups is 2. The number of hydrogen-bond acceptors (Lipinski definition) is 23. The summed E-state index contributed by atoms with van der Waals surface area (Å²) >= 11 is 0. The number of ether oxygens (including phenoxy) is 3. The molecule has 3 saturated heterocycles. The van der Waals surface area contributed by atoms with Crippen molar-refractivity contribution in [3.63, 3.8) is 0 Å². The summed E-state index contributed by atoms with van der Waals surface area (Å²) < 4.78 is 67.9. The van der Waals surface area contributed by atoms with Gasteiger partial charge in [0.1, 0.15) is 48.9 Å². The Bertz CT molecular complexity index is 2530. The second-order valence-electron chi connectivity index (χ2n) is 14.0. The van der Waals surface area contributed by atoms with E-state index >= 15 is 0 Å². The van der Waals surface area contributed by atoms with E-state index < -0.39 is 108 Å². The molecule has 0 saturated carbocycles. The number of nitrogens with one attached hydrogen (secondary N) is 2. The van der Waals surface area contributed by atoms with Crippen molar-refractivity contribution in [2.24, 2.45) is 16.5 Å². The van der Waals surface area contributed by atoms with E-state index in [1.807, 2.05) is 0 Å². The van der Waals surface area contributed by atoms with Gasteiger partial charge in [-0.3, -0.25) is 52.5 Å². The molecule has 8 heterocycles. The van der Waals surface area contributed by atoms with Gasteiger partial charge in [-0.15, -0.1) is 0 Å². The lowest BCUT2D eigenvalue weighted by molar-refractivity contribution is -0.0777. The van der Waals surface area contributed by atoms with Crippen molar-refractivity contribution in [1.29, 1.82) is 0 Å². The second kappa shape index (κ2) is 16.3. The monoisotopic (exact) mass is 886 g/mol. The van der Waals surface area contributed by atoms with Crippen LogP contribution in [-0.2, 0) is 41.4 Å². The van der Waals surface area contributed by atoms with E-state index in [0.29, 0.717) is 0 Å². The van der Waals surface area contributed by atoms with E-state index in [9.17, 15) is 38.7 Å². The predicted molar refractivity (Wildman–Crippen MR) is 200 cm³/mol. The Kier molecular flexibility index (Phi) is 11.4. The van der Waals surface area contributed by atoms with Gasteiger partial charge >= 0.3 is 15.6 Å². The summed E-state index contributed by atoms with van der Waals surface area (Å²) in [7, 11) is -9.95. The van der Waals surface area contributed by atoms with Gasteiger partial charge in [0, 0.05) is 25.5 Å². The number of nitrogens with two attached hydrogens (primary N) is 4. The van der Waals surface area contributed by atoms with Crippen molar-refractivity contribution < 1.29 is 61.4 Å². The quantitative estimate of drug-likeness (QED) is 0.0560. The Morgan fingerprint density at radius 2 is 1.23 bits per heavy atom. The summed E-state index contributed by atoms with van der Waals surface area (Å²) in [5.74, 6) is -0.211. The molecule has 6 unspecified atom stereocenters. The maximum Gasteiger partial charge on any atom is 0.472 e. The molecule has 31 heteroatoms. The molecule has 326 valence electrons. The van der Waals surface area contributed by atoms with Gasteiger partial charge in [0.15, 0.2) is 28.6 Å². The van der Waals surface area contributed by atoms with E-state index in [0.717, 1.165) is 0 Å². The van der Waals surface area contributed by atoms with E-state index in [2.05, 4.69) is 34.9 Å². The number of imidazole rings is 2. The Morgan fingerprint density at radius 3 is 1.75 bits per heavy atom. The molecule has 4 aliphatic heterocycles. The van der Waals surface area contributed by atoms with Gasteiger partial charge in [-0.1, -0.05) is 0 Å². The number of fused-ring (bicyclic) bond motifs is 2. The Labute approximate surface area is 335 Å². The van der Waals surface area contributed by atoms with Crippen LogP contribution in [0.5, 0.6) is 0 Å². The van der Waals surface area contributed by atoms with Gasteiger partial charge in [0.2, 0.25) is 11.9 Å². The summed E-state index contributed by atoms with van der Waals surface area (Å²) in [6.07, 6.45) is -5.97. The van der Waals surface area contributed by atoms with Crippen LogP contribution in [0.2, 0.25) is 0 Å². The topological polar surface area (TPSA) is 426 Å². The lowest BCUT2D eigenvalue weighted by Crippen LogP contribution is -2.46. The lowest BCUT2D eigenvalue weighted by atomic mass is 10.2. The highest BCUT2D eigenvalue weighted by atomic mass is 31.2. The average molecular weight is 887 g/mol. The molecule has 0 aliphatic carbocycles. The van der Waals surface area contributed by atoms with Crippen LogP contribution in [0, 0.1) is 0 Å². The van der Waals surface area contributed by atoms with Gasteiger partial charge < -0.3 is 56.3 Å². The summed E-state index contributed by atoms with van der Waals surface area (Å²) in [6, 6.07) is 0. The highest BCUT2D eigenvalue weighted by Gasteiger charge is 2.46. The van der Waals surface area contributed by atoms with Crippen LogP contribution in [0.3, 0.4) is 0 Å². The number of phosphoric acid groups is 2. The zero-order valence-electron chi connectivity index (χ0n) is 30.9. The molecule has 0 amide bonds. The number of rotatable bonds is 14. The molecule has 4 aliphatic rings. The number of aliphatic imine (C=N–C) groups is 1. The highest BCUT2D eigenvalue weighted by Crippen LogP contribution is 2.50. The van der Waals surface area contributed by atoms with Crippen LogP contribution in [0.4, 0.5) is 11.9 Å². The third-order valence-corrected chi connectivity index (χ3v) is 11.9. The molecule has 0 spiro atoms. The molecule has 0 radical (unpaired) electrons. The molecule has 4 aromatic heterocycles. The average Bonchev–Trinajstić information content (AvgIpc) is 4.00. The SMILES string of the molecule is NC1=NC(N)N([C@H]2CC(OP(=O)(O)OC[C@H]3O[C@@H](n4cnc5c(=O)[nH]c(N)nc54)CC3O)[C@@H](COP(=O)(O)OC[C@H]3O[C@@H](n4cnc5c(=O)[nH]c(N)nc54)CC3O)O2)C=C1. The number of amidine groups is 1. The first-order valence-corrected chi connectivity index (χ1v) is 21.0. The van der Waals surface area contributed by atoms with Crippen LogP contribution >= 0.6 is 15.6 Å². The molecule has 60 heavy (non-hydrogen) atoms. The number of nitrogen functional groups attached to an aromatic ring is 2. The molecule has 12 atom stereocenters. The number of nitrogens with zero attached hydrogens (tertiary/aromatic N) is 8. The number of aromatic nitrogens is 8. The van der Waals surface area contributed by atoms with Crippen LogP contribution in [0.15, 0.2) is 39.5 Å². The van der Waals surface area contributed by atoms with Crippen LogP contribution in [-0.4, -0.2) is 139 Å². The maximum absolute atomic E-state index is 13.3. The number of H-pyrrole nitrogens is 2. The van der Waals surface area contributed by atoms with Crippen molar-refractivity contribution in [2.75, 3.05) is 31.3 Å². The van der Waals surface area contributed by atoms with Crippen LogP contribution < -0.4 is 34.1 Å². The standard InChI is InChI=1S/C29H40N14O15P2/c30-17-1-2-41(29(33)36-17)20-5-13(58-60(50,51)54-7-15-12(45)4-19(56-15)43-10-35-22-24(43)38-28(32)40-26(22)47)16(57-20)8-53-59(48,49)52-6-14-11(44)3-18(55-14)42-9-34-21-23(42)37-27(31)39-25(21)46/h1-2,9-16,18-20,29,44-45H,3-8,33H2,(H2,30,36)(H,48,49)(H,50,51)(H3,31,37,39,46)(H3,32,38,40,47)/t11?,12?,13?,14-,15-,16-,18-,19-,20-,29?/m1/s1. The first-order valence-electron chi connectivity index (χ1n) is 18.0. The minimum atomic E-state index is -5.01. The molecular formula is C29H40N14O15P2. The van der Waals surface area contributed by atoms with Crippen LogP contribution in [0.25, 0.3) is 22.3 Å². The van der Waals surface area contributed by atoms with Gasteiger partial charge in [-0.2, -0.15) is 9.97 Å². The van der Waals surface area contributed by atoms with Crippen molar-refractivity contribution in [2.45, 2.75) is 80.9 Å². The third kappa shape index (κ3) is 8.72. The molecule has 4 aromatic rings. The summed E-state index contributed by atoms with van der Waals surface area (Å²) in [6.45, 7) is -2.01. The minimum absolute atomic E-state index is 0.0199. The molecule has 0 aromatic carbocycles. The Balaban J connectivity index is 0.890. The molecule has 3 fully saturated rings. The number of anilines is 2. The fourth-order valence-corrected chi connectivity index (χ4v) is 8.75. The Hall–Kier alpha value is -4.71. The minimum Gasteiger partial charge on any atom is -0.390 e. The third-order valence-electron chi connectivity index (χ3n) is 9.92. The lowest BCUT2D eigenvalue weighted by Gasteiger charge is -2.32. The number of aromatic amines is 2. The Morgan fingerprint density at radius 1 is 0.750 bits per heavy atom. The van der Waals surface area contributed by atoms with E-state index in [1.54, 1.807) is 0 Å². The van der Waals surface area contributed by atoms with Crippen LogP contribution in [0.1, 0.15) is 31.7 Å². The molecule has 8 rings (SSSR count). The zero-order chi connectivity index (χ0) is 42.7. The van der Waals surface area contributed by atoms with Gasteiger partial charge in [-0.05, 0) is 6.08 Å². The summed E-state index contributed by atoms with van der Waals surface area (Å²) in [5.41, 5.74) is 22.2.